The van der Waals surface area contributed by atoms with E-state index in [0.717, 1.165) is 12.1 Å². The van der Waals surface area contributed by atoms with Crippen molar-refractivity contribution in [3.63, 3.8) is 0 Å². The van der Waals surface area contributed by atoms with Gasteiger partial charge in [-0.2, -0.15) is 26.3 Å². The number of nitrogens with one attached hydrogen (secondary N) is 2. The molecule has 2 N–H and O–H groups in total. The zero-order valence-electron chi connectivity index (χ0n) is 31.2. The van der Waals surface area contributed by atoms with Gasteiger partial charge in [-0.15, -0.1) is 0 Å². The van der Waals surface area contributed by atoms with Crippen molar-refractivity contribution < 1.29 is 59.8 Å². The molecule has 0 radical (unpaired) electrons. The fourth-order valence-corrected chi connectivity index (χ4v) is 5.62. The number of carbonyl (C=O) groups excluding carboxylic acids is 5. The van der Waals surface area contributed by atoms with Crippen molar-refractivity contribution in [2.75, 3.05) is 7.11 Å². The van der Waals surface area contributed by atoms with E-state index in [0.29, 0.717) is 22.9 Å². The molecule has 0 unspecified atom stereocenters. The first kappa shape index (κ1) is 44.2. The number of hydrogen-bond acceptors (Lipinski definition) is 7. The molecule has 15 heteroatoms. The number of alkyl carbamates (subject to hydrolysis) is 1. The van der Waals surface area contributed by atoms with Crippen molar-refractivity contribution in [2.24, 2.45) is 17.8 Å². The molecular weight excluding hydrogens is 734 g/mol. The van der Waals surface area contributed by atoms with Gasteiger partial charge >= 0.3 is 18.4 Å². The van der Waals surface area contributed by atoms with Crippen molar-refractivity contribution in [3.8, 4) is 5.75 Å². The van der Waals surface area contributed by atoms with Crippen LogP contribution in [0.1, 0.15) is 86.1 Å². The highest BCUT2D eigenvalue weighted by atomic mass is 19.4. The molecule has 55 heavy (non-hydrogen) atoms. The zero-order valence-corrected chi connectivity index (χ0v) is 31.2. The highest BCUT2D eigenvalue weighted by Gasteiger charge is 2.45. The van der Waals surface area contributed by atoms with Gasteiger partial charge in [0.2, 0.25) is 11.7 Å². The summed E-state index contributed by atoms with van der Waals surface area (Å²) in [5.74, 6) is -8.30. The maximum absolute atomic E-state index is 14.1. The molecule has 3 atom stereocenters. The number of alkyl halides is 6. The number of ether oxygens (including phenoxy) is 2. The quantitative estimate of drug-likeness (QED) is 0.111. The number of carbonyl (C=O) groups is 5. The van der Waals surface area contributed by atoms with E-state index >= 15 is 0 Å². The largest absolute Gasteiger partial charge is 0.497 e. The van der Waals surface area contributed by atoms with Crippen LogP contribution in [-0.2, 0) is 38.3 Å². The molecule has 0 spiro atoms. The second-order valence-electron chi connectivity index (χ2n) is 14.4. The first-order chi connectivity index (χ1) is 25.5. The Bertz CT molecular complexity index is 1820. The Kier molecular flexibility index (Phi) is 14.8. The maximum Gasteiger partial charge on any atom is 0.450 e. The Hall–Kier alpha value is -5.21. The first-order valence-corrected chi connectivity index (χ1v) is 17.3. The Morgan fingerprint density at radius 1 is 0.782 bits per heavy atom. The Morgan fingerprint density at radius 2 is 1.38 bits per heavy atom. The second-order valence-corrected chi connectivity index (χ2v) is 14.4. The molecule has 0 bridgehead atoms. The molecule has 0 aromatic heterocycles. The third-order valence-corrected chi connectivity index (χ3v) is 8.55. The van der Waals surface area contributed by atoms with Crippen LogP contribution in [0, 0.1) is 17.8 Å². The Morgan fingerprint density at radius 3 is 1.91 bits per heavy atom. The molecule has 298 valence electrons. The number of hydrogen-bond donors (Lipinski definition) is 2. The minimum atomic E-state index is -5.22. The topological polar surface area (TPSA) is 128 Å². The number of benzene rings is 3. The fourth-order valence-electron chi connectivity index (χ4n) is 5.62. The third kappa shape index (κ3) is 13.5. The van der Waals surface area contributed by atoms with E-state index in [-0.39, 0.29) is 24.1 Å². The van der Waals surface area contributed by atoms with E-state index in [4.69, 9.17) is 9.47 Å². The van der Waals surface area contributed by atoms with Crippen molar-refractivity contribution >= 4 is 29.4 Å². The average molecular weight is 779 g/mol. The van der Waals surface area contributed by atoms with Gasteiger partial charge in [-0.3, -0.25) is 19.2 Å². The van der Waals surface area contributed by atoms with Crippen LogP contribution in [0.25, 0.3) is 0 Å². The summed E-state index contributed by atoms with van der Waals surface area (Å²) in [7, 11) is 1.38. The normalized spacial score (nSPS) is 13.7. The second kappa shape index (κ2) is 18.4. The van der Waals surface area contributed by atoms with Crippen molar-refractivity contribution in [2.45, 2.75) is 84.4 Å². The summed E-state index contributed by atoms with van der Waals surface area (Å²) in [6.07, 6.45) is -12.3. The predicted molar refractivity (Wildman–Crippen MR) is 190 cm³/mol. The lowest BCUT2D eigenvalue weighted by Crippen LogP contribution is -2.41. The summed E-state index contributed by atoms with van der Waals surface area (Å²) in [6, 6.07) is 14.3. The van der Waals surface area contributed by atoms with Crippen molar-refractivity contribution in [1.29, 1.82) is 0 Å². The number of Topliss-reactive ketones (excluding diaryl/α,β-unsaturated/α-hetero) is 3. The summed E-state index contributed by atoms with van der Waals surface area (Å²) in [5, 5.41) is 5.16. The summed E-state index contributed by atoms with van der Waals surface area (Å²) in [4.78, 5) is 65.7. The highest BCUT2D eigenvalue weighted by Crippen LogP contribution is 2.32. The molecule has 0 fully saturated rings. The highest BCUT2D eigenvalue weighted by molar-refractivity contribution is 6.00. The number of halogens is 6. The monoisotopic (exact) mass is 778 g/mol. The molecule has 0 aliphatic rings. The van der Waals surface area contributed by atoms with Gasteiger partial charge in [-0.05, 0) is 74.1 Å². The van der Waals surface area contributed by atoms with Crippen LogP contribution < -0.4 is 15.4 Å². The predicted octanol–water partition coefficient (Wildman–Crippen LogP) is 8.39. The standard InChI is InChI=1S/C40H44F6N2O7/c1-23(2)31(35(51)40(44,45)46)21-33(50)34(26-14-16-30(54-6)17-15-26)48-36(52)28(20-32(49)27-8-7-9-29(19-27)39(41,42)43)18-24-10-12-25(13-11-24)22-47-37(53)55-38(3,4)5/h7-17,19,23,28,31,34H,18,20-22H2,1-6H3,(H,47,53)(H,48,52)/t28-,31+,34+/m1/s1. The van der Waals surface area contributed by atoms with E-state index in [2.05, 4.69) is 10.6 Å². The third-order valence-electron chi connectivity index (χ3n) is 8.55. The number of amides is 2. The van der Waals surface area contributed by atoms with E-state index in [1.165, 1.54) is 51.3 Å². The van der Waals surface area contributed by atoms with Crippen molar-refractivity contribution in [3.05, 3.63) is 101 Å². The van der Waals surface area contributed by atoms with Crippen LogP contribution in [0.5, 0.6) is 5.75 Å². The molecular formula is C40H44F6N2O7. The van der Waals surface area contributed by atoms with E-state index in [1.807, 2.05) is 0 Å². The zero-order chi connectivity index (χ0) is 41.3. The molecule has 3 aromatic rings. The minimum absolute atomic E-state index is 0.0903. The van der Waals surface area contributed by atoms with Crippen LogP contribution in [0.2, 0.25) is 0 Å². The van der Waals surface area contributed by atoms with Gasteiger partial charge in [0.1, 0.15) is 17.4 Å². The lowest BCUT2D eigenvalue weighted by atomic mass is 9.84. The minimum Gasteiger partial charge on any atom is -0.497 e. The van der Waals surface area contributed by atoms with Crippen LogP contribution >= 0.6 is 0 Å². The van der Waals surface area contributed by atoms with Gasteiger partial charge in [-0.1, -0.05) is 62.4 Å². The summed E-state index contributed by atoms with van der Waals surface area (Å²) < 4.78 is 91.3. The van der Waals surface area contributed by atoms with Crippen LogP contribution in [0.3, 0.4) is 0 Å². The molecule has 9 nitrogen and oxygen atoms in total. The summed E-state index contributed by atoms with van der Waals surface area (Å²) >= 11 is 0. The van der Waals surface area contributed by atoms with Gasteiger partial charge in [0, 0.05) is 36.8 Å². The molecule has 0 aliphatic carbocycles. The van der Waals surface area contributed by atoms with Gasteiger partial charge in [-0.25, -0.2) is 4.79 Å². The van der Waals surface area contributed by atoms with Gasteiger partial charge in [0.05, 0.1) is 12.7 Å². The molecule has 3 rings (SSSR count). The van der Waals surface area contributed by atoms with E-state index in [9.17, 15) is 50.3 Å². The average Bonchev–Trinajstić information content (AvgIpc) is 3.10. The van der Waals surface area contributed by atoms with Crippen LogP contribution in [0.15, 0.2) is 72.8 Å². The molecule has 0 aliphatic heterocycles. The molecule has 3 aromatic carbocycles. The molecule has 0 saturated carbocycles. The lowest BCUT2D eigenvalue weighted by Gasteiger charge is -2.26. The number of ketones is 3. The van der Waals surface area contributed by atoms with Gasteiger partial charge in [0.15, 0.2) is 11.6 Å². The van der Waals surface area contributed by atoms with Crippen LogP contribution in [-0.4, -0.2) is 48.2 Å². The van der Waals surface area contributed by atoms with Crippen molar-refractivity contribution in [1.82, 2.24) is 10.6 Å². The Labute approximate surface area is 315 Å². The SMILES string of the molecule is COc1ccc([C@H](NC(=O)[C@@H](CC(=O)c2cccc(C(F)(F)F)c2)Cc2ccc(CNC(=O)OC(C)(C)C)cc2)C(=O)C[C@H](C(=O)C(F)(F)F)C(C)C)cc1. The Balaban J connectivity index is 1.97. The van der Waals surface area contributed by atoms with Gasteiger partial charge in [0.25, 0.3) is 0 Å². The first-order valence-electron chi connectivity index (χ1n) is 17.3. The van der Waals surface area contributed by atoms with Gasteiger partial charge < -0.3 is 20.1 Å². The lowest BCUT2D eigenvalue weighted by molar-refractivity contribution is -0.177. The number of rotatable bonds is 16. The summed E-state index contributed by atoms with van der Waals surface area (Å²) in [5.41, 5.74) is -0.818. The smallest absolute Gasteiger partial charge is 0.450 e. The van der Waals surface area contributed by atoms with Crippen LogP contribution in [0.4, 0.5) is 31.1 Å². The molecule has 0 heterocycles. The molecule has 2 amide bonds. The fraction of sp³-hybridized carbons (Fsp3) is 0.425. The number of methoxy groups -OCH3 is 1. The van der Waals surface area contributed by atoms with E-state index < -0.39 is 89.5 Å². The van der Waals surface area contributed by atoms with E-state index in [1.54, 1.807) is 45.0 Å². The maximum atomic E-state index is 14.1. The molecule has 0 saturated heterocycles. The summed E-state index contributed by atoms with van der Waals surface area (Å²) in [6.45, 7) is 7.93.